The van der Waals surface area contributed by atoms with E-state index in [0.717, 1.165) is 35.5 Å². The molecule has 0 unspecified atom stereocenters. The molecule has 8 heteroatoms. The number of para-hydroxylation sites is 2. The lowest BCUT2D eigenvalue weighted by Gasteiger charge is -2.29. The molecule has 0 spiro atoms. The maximum atomic E-state index is 12.2. The molecule has 7 nitrogen and oxygen atoms in total. The minimum atomic E-state index is -0.405. The molecule has 1 aliphatic rings. The van der Waals surface area contributed by atoms with Crippen molar-refractivity contribution in [2.75, 3.05) is 19.5 Å². The molecule has 0 saturated heterocycles. The number of thioether (sulfide) groups is 1. The van der Waals surface area contributed by atoms with Gasteiger partial charge >= 0.3 is 6.03 Å². The average Bonchev–Trinajstić information content (AvgIpc) is 3.04. The van der Waals surface area contributed by atoms with Crippen molar-refractivity contribution in [1.82, 2.24) is 20.2 Å². The maximum absolute atomic E-state index is 12.2. The first kappa shape index (κ1) is 20.7. The number of carbonyl (C=O) groups excluding carboxylic acids is 2. The number of fused-ring (bicyclic) bond motifs is 1. The van der Waals surface area contributed by atoms with Crippen LogP contribution in [0.15, 0.2) is 29.4 Å². The number of methoxy groups -OCH3 is 1. The molecule has 28 heavy (non-hydrogen) atoms. The molecule has 1 aromatic heterocycles. The Balaban J connectivity index is 1.56. The summed E-state index contributed by atoms with van der Waals surface area (Å²) in [6.45, 7) is 3.36. The number of imide groups is 1. The van der Waals surface area contributed by atoms with Crippen LogP contribution in [-0.4, -0.2) is 47.0 Å². The number of aromatic nitrogens is 2. The van der Waals surface area contributed by atoms with Crippen LogP contribution in [0.1, 0.15) is 32.6 Å². The summed E-state index contributed by atoms with van der Waals surface area (Å²) in [5, 5.41) is 6.13. The Labute approximate surface area is 169 Å². The molecule has 0 radical (unpaired) electrons. The Morgan fingerprint density at radius 1 is 1.29 bits per heavy atom. The summed E-state index contributed by atoms with van der Waals surface area (Å²) in [6.07, 6.45) is 4.42. The Hall–Kier alpha value is -2.06. The lowest BCUT2D eigenvalue weighted by Crippen LogP contribution is -2.48. The minimum absolute atomic E-state index is 0.129. The number of imidazole rings is 1. The van der Waals surface area contributed by atoms with Crippen molar-refractivity contribution < 1.29 is 14.3 Å². The van der Waals surface area contributed by atoms with Gasteiger partial charge in [-0.25, -0.2) is 9.78 Å². The van der Waals surface area contributed by atoms with E-state index in [1.54, 1.807) is 7.11 Å². The van der Waals surface area contributed by atoms with Gasteiger partial charge in [-0.3, -0.25) is 10.1 Å². The molecule has 1 fully saturated rings. The van der Waals surface area contributed by atoms with Crippen LogP contribution in [0.25, 0.3) is 11.0 Å². The van der Waals surface area contributed by atoms with Crippen molar-refractivity contribution in [2.45, 2.75) is 50.4 Å². The second-order valence-corrected chi connectivity index (χ2v) is 8.15. The molecule has 2 atom stereocenters. The summed E-state index contributed by atoms with van der Waals surface area (Å²) in [5.74, 6) is 0.255. The molecular formula is C20H28N4O3S. The summed E-state index contributed by atoms with van der Waals surface area (Å²) in [7, 11) is 1.66. The van der Waals surface area contributed by atoms with E-state index in [4.69, 9.17) is 4.74 Å². The fourth-order valence-electron chi connectivity index (χ4n) is 3.59. The van der Waals surface area contributed by atoms with Crippen LogP contribution < -0.4 is 10.6 Å². The standard InChI is InChI=1S/C20H28N4O3S/c1-14-7-3-4-8-15(14)21-19(26)23-18(25)13-28-20-22-16-9-5-6-10-17(16)24(20)11-12-27-2/h5-6,9-10,14-15H,3-4,7-8,11-13H2,1-2H3,(H2,21,23,25,26)/t14-,15-/m0/s1. The van der Waals surface area contributed by atoms with Gasteiger partial charge in [0.05, 0.1) is 23.4 Å². The zero-order chi connectivity index (χ0) is 19.9. The molecule has 1 aromatic carbocycles. The summed E-state index contributed by atoms with van der Waals surface area (Å²) in [6, 6.07) is 7.59. The van der Waals surface area contributed by atoms with Gasteiger partial charge in [0.15, 0.2) is 5.16 Å². The first-order chi connectivity index (χ1) is 13.6. The highest BCUT2D eigenvalue weighted by molar-refractivity contribution is 7.99. The van der Waals surface area contributed by atoms with Crippen LogP contribution in [0, 0.1) is 5.92 Å². The molecule has 3 rings (SSSR count). The highest BCUT2D eigenvalue weighted by Gasteiger charge is 2.23. The summed E-state index contributed by atoms with van der Waals surface area (Å²) in [4.78, 5) is 29.0. The number of benzene rings is 1. The van der Waals surface area contributed by atoms with Crippen molar-refractivity contribution in [1.29, 1.82) is 0 Å². The predicted molar refractivity (Wildman–Crippen MR) is 110 cm³/mol. The number of hydrogen-bond acceptors (Lipinski definition) is 5. The topological polar surface area (TPSA) is 85.2 Å². The Bertz CT molecular complexity index is 823. The minimum Gasteiger partial charge on any atom is -0.383 e. The number of nitrogens with zero attached hydrogens (tertiary/aromatic N) is 2. The lowest BCUT2D eigenvalue weighted by atomic mass is 9.86. The van der Waals surface area contributed by atoms with E-state index in [-0.39, 0.29) is 17.7 Å². The van der Waals surface area contributed by atoms with Gasteiger partial charge in [0, 0.05) is 19.7 Å². The van der Waals surface area contributed by atoms with Gasteiger partial charge in [-0.1, -0.05) is 43.7 Å². The average molecular weight is 405 g/mol. The molecule has 152 valence electrons. The van der Waals surface area contributed by atoms with E-state index >= 15 is 0 Å². The molecular weight excluding hydrogens is 376 g/mol. The number of urea groups is 1. The van der Waals surface area contributed by atoms with E-state index in [1.807, 2.05) is 28.8 Å². The summed E-state index contributed by atoms with van der Waals surface area (Å²) < 4.78 is 7.23. The highest BCUT2D eigenvalue weighted by atomic mass is 32.2. The van der Waals surface area contributed by atoms with Crippen molar-refractivity contribution >= 4 is 34.7 Å². The number of hydrogen-bond donors (Lipinski definition) is 2. The number of carbonyl (C=O) groups is 2. The first-order valence-electron chi connectivity index (χ1n) is 9.76. The van der Waals surface area contributed by atoms with Crippen molar-refractivity contribution in [2.24, 2.45) is 5.92 Å². The normalized spacial score (nSPS) is 19.5. The predicted octanol–water partition coefficient (Wildman–Crippen LogP) is 3.18. The SMILES string of the molecule is COCCn1c(SCC(=O)NC(=O)N[C@H]2CCCC[C@@H]2C)nc2ccccc21. The first-order valence-corrected chi connectivity index (χ1v) is 10.7. The number of nitrogens with one attached hydrogen (secondary N) is 2. The third-order valence-electron chi connectivity index (χ3n) is 5.15. The third-order valence-corrected chi connectivity index (χ3v) is 6.13. The van der Waals surface area contributed by atoms with Crippen molar-refractivity contribution in [3.05, 3.63) is 24.3 Å². The van der Waals surface area contributed by atoms with Crippen LogP contribution >= 0.6 is 11.8 Å². The maximum Gasteiger partial charge on any atom is 0.321 e. The number of rotatable bonds is 7. The molecule has 2 N–H and O–H groups in total. The lowest BCUT2D eigenvalue weighted by molar-refractivity contribution is -0.117. The number of amides is 3. The zero-order valence-corrected chi connectivity index (χ0v) is 17.3. The van der Waals surface area contributed by atoms with Gasteiger partial charge in [-0.2, -0.15) is 0 Å². The fourth-order valence-corrected chi connectivity index (χ4v) is 4.43. The smallest absolute Gasteiger partial charge is 0.321 e. The Morgan fingerprint density at radius 2 is 2.07 bits per heavy atom. The molecule has 0 bridgehead atoms. The van der Waals surface area contributed by atoms with Gasteiger partial charge in [0.25, 0.3) is 0 Å². The molecule has 1 aliphatic carbocycles. The van der Waals surface area contributed by atoms with Crippen molar-refractivity contribution in [3.8, 4) is 0 Å². The van der Waals surface area contributed by atoms with Crippen LogP contribution in [-0.2, 0) is 16.1 Å². The van der Waals surface area contributed by atoms with Gasteiger partial charge in [-0.15, -0.1) is 0 Å². The summed E-state index contributed by atoms with van der Waals surface area (Å²) in [5.41, 5.74) is 1.89. The second-order valence-electron chi connectivity index (χ2n) is 7.21. The Morgan fingerprint density at radius 3 is 2.86 bits per heavy atom. The van der Waals surface area contributed by atoms with Crippen molar-refractivity contribution in [3.63, 3.8) is 0 Å². The third kappa shape index (κ3) is 5.26. The number of ether oxygens (including phenoxy) is 1. The van der Waals surface area contributed by atoms with Gasteiger partial charge < -0.3 is 14.6 Å². The largest absolute Gasteiger partial charge is 0.383 e. The van der Waals surface area contributed by atoms with Crippen LogP contribution in [0.5, 0.6) is 0 Å². The molecule has 3 amide bonds. The van der Waals surface area contributed by atoms with Gasteiger partial charge in [0.2, 0.25) is 5.91 Å². The second kappa shape index (κ2) is 9.93. The molecule has 2 aromatic rings. The van der Waals surface area contributed by atoms with E-state index in [0.29, 0.717) is 19.1 Å². The van der Waals surface area contributed by atoms with E-state index < -0.39 is 6.03 Å². The molecule has 0 aliphatic heterocycles. The van der Waals surface area contributed by atoms with Gasteiger partial charge in [-0.05, 0) is 30.9 Å². The summed E-state index contributed by atoms with van der Waals surface area (Å²) >= 11 is 1.32. The van der Waals surface area contributed by atoms with Gasteiger partial charge in [0.1, 0.15) is 0 Å². The van der Waals surface area contributed by atoms with E-state index in [1.165, 1.54) is 18.2 Å². The van der Waals surface area contributed by atoms with Crippen LogP contribution in [0.4, 0.5) is 4.79 Å². The van der Waals surface area contributed by atoms with E-state index in [2.05, 4.69) is 22.5 Å². The monoisotopic (exact) mass is 404 g/mol. The molecule has 1 heterocycles. The highest BCUT2D eigenvalue weighted by Crippen LogP contribution is 2.25. The Kier molecular flexibility index (Phi) is 7.33. The van der Waals surface area contributed by atoms with Crippen LogP contribution in [0.2, 0.25) is 0 Å². The van der Waals surface area contributed by atoms with E-state index in [9.17, 15) is 9.59 Å². The quantitative estimate of drug-likeness (QED) is 0.693. The fraction of sp³-hybridized carbons (Fsp3) is 0.550. The zero-order valence-electron chi connectivity index (χ0n) is 16.4. The van der Waals surface area contributed by atoms with Crippen LogP contribution in [0.3, 0.4) is 0 Å². The molecule has 1 saturated carbocycles.